The summed E-state index contributed by atoms with van der Waals surface area (Å²) in [7, 11) is 0. The molecule has 0 spiro atoms. The fourth-order valence-corrected chi connectivity index (χ4v) is 2.91. The van der Waals surface area contributed by atoms with Crippen LogP contribution >= 0.6 is 0 Å². The highest BCUT2D eigenvalue weighted by molar-refractivity contribution is 5.98. The molecule has 1 atom stereocenters. The zero-order chi connectivity index (χ0) is 17.8. The number of likely N-dealkylation sites (tertiary alicyclic amines) is 1. The molecule has 0 saturated carbocycles. The van der Waals surface area contributed by atoms with E-state index in [1.807, 2.05) is 0 Å². The van der Waals surface area contributed by atoms with E-state index in [1.54, 1.807) is 12.1 Å². The monoisotopic (exact) mass is 343 g/mol. The Hall–Kier alpha value is -3.16. The summed E-state index contributed by atoms with van der Waals surface area (Å²) in [6.07, 6.45) is 2.79. The van der Waals surface area contributed by atoms with Crippen molar-refractivity contribution in [1.82, 2.24) is 10.2 Å². The molecular weight excluding hydrogens is 326 g/mol. The van der Waals surface area contributed by atoms with Crippen molar-refractivity contribution in [3.8, 4) is 0 Å². The first-order chi connectivity index (χ1) is 12.1. The molecule has 130 valence electrons. The molecule has 8 heteroatoms. The minimum absolute atomic E-state index is 0.149. The van der Waals surface area contributed by atoms with Crippen molar-refractivity contribution in [2.24, 2.45) is 0 Å². The Labute approximate surface area is 143 Å². The Balaban J connectivity index is 1.70. The van der Waals surface area contributed by atoms with Gasteiger partial charge in [0.15, 0.2) is 0 Å². The number of carbonyl (C=O) groups excluding carboxylic acids is 2. The van der Waals surface area contributed by atoms with E-state index in [4.69, 9.17) is 4.42 Å². The molecule has 1 aliphatic rings. The number of hydrogen-bond donors (Lipinski definition) is 1. The van der Waals surface area contributed by atoms with E-state index in [-0.39, 0.29) is 29.6 Å². The Bertz CT molecular complexity index is 787. The quantitative estimate of drug-likeness (QED) is 0.661. The first-order valence-electron chi connectivity index (χ1n) is 7.92. The fraction of sp³-hybridized carbons (Fsp3) is 0.294. The van der Waals surface area contributed by atoms with Crippen LogP contribution in [0.4, 0.5) is 5.69 Å². The van der Waals surface area contributed by atoms with Crippen LogP contribution in [-0.2, 0) is 11.3 Å². The minimum atomic E-state index is -0.582. The molecule has 1 fully saturated rings. The number of nitrogens with one attached hydrogen (secondary N) is 1. The van der Waals surface area contributed by atoms with Crippen molar-refractivity contribution in [2.75, 3.05) is 6.54 Å². The Morgan fingerprint density at radius 1 is 1.32 bits per heavy atom. The van der Waals surface area contributed by atoms with Crippen molar-refractivity contribution in [3.63, 3.8) is 0 Å². The van der Waals surface area contributed by atoms with Gasteiger partial charge < -0.3 is 14.6 Å². The summed E-state index contributed by atoms with van der Waals surface area (Å²) in [5.74, 6) is -0.00469. The van der Waals surface area contributed by atoms with Crippen molar-refractivity contribution in [2.45, 2.75) is 25.4 Å². The fourth-order valence-electron chi connectivity index (χ4n) is 2.91. The zero-order valence-electron chi connectivity index (χ0n) is 13.4. The molecule has 8 nitrogen and oxygen atoms in total. The summed E-state index contributed by atoms with van der Waals surface area (Å²) < 4.78 is 5.17. The Morgan fingerprint density at radius 2 is 2.16 bits per heavy atom. The van der Waals surface area contributed by atoms with Gasteiger partial charge in [0.05, 0.1) is 17.7 Å². The second-order valence-corrected chi connectivity index (χ2v) is 5.76. The third-order valence-electron chi connectivity index (χ3n) is 4.14. The normalized spacial score (nSPS) is 16.6. The molecule has 0 aliphatic carbocycles. The number of rotatable bonds is 5. The number of carbonyl (C=O) groups is 2. The van der Waals surface area contributed by atoms with Crippen LogP contribution in [-0.4, -0.2) is 34.2 Å². The number of nitro groups is 1. The van der Waals surface area contributed by atoms with Gasteiger partial charge in [-0.1, -0.05) is 6.07 Å². The van der Waals surface area contributed by atoms with Crippen molar-refractivity contribution < 1.29 is 18.9 Å². The van der Waals surface area contributed by atoms with Crippen LogP contribution in [0, 0.1) is 10.1 Å². The summed E-state index contributed by atoms with van der Waals surface area (Å²) >= 11 is 0. The van der Waals surface area contributed by atoms with Gasteiger partial charge in [0.1, 0.15) is 11.8 Å². The van der Waals surface area contributed by atoms with E-state index in [1.165, 1.54) is 35.4 Å². The predicted molar refractivity (Wildman–Crippen MR) is 87.7 cm³/mol. The van der Waals surface area contributed by atoms with Crippen LogP contribution in [0.1, 0.15) is 29.0 Å². The van der Waals surface area contributed by atoms with E-state index in [0.29, 0.717) is 25.1 Å². The van der Waals surface area contributed by atoms with Crippen molar-refractivity contribution >= 4 is 17.5 Å². The molecule has 2 heterocycles. The maximum atomic E-state index is 12.7. The van der Waals surface area contributed by atoms with E-state index in [2.05, 4.69) is 5.32 Å². The average molecular weight is 343 g/mol. The number of hydrogen-bond acceptors (Lipinski definition) is 5. The molecule has 1 N–H and O–H groups in total. The molecule has 0 unspecified atom stereocenters. The summed E-state index contributed by atoms with van der Waals surface area (Å²) in [5, 5.41) is 13.6. The van der Waals surface area contributed by atoms with Gasteiger partial charge in [0.2, 0.25) is 5.91 Å². The van der Waals surface area contributed by atoms with E-state index < -0.39 is 11.0 Å². The van der Waals surface area contributed by atoms with Crippen molar-refractivity contribution in [1.29, 1.82) is 0 Å². The minimum Gasteiger partial charge on any atom is -0.467 e. The van der Waals surface area contributed by atoms with Gasteiger partial charge in [-0.15, -0.1) is 0 Å². The van der Waals surface area contributed by atoms with Crippen LogP contribution in [0.25, 0.3) is 0 Å². The molecular formula is C17H17N3O5. The van der Waals surface area contributed by atoms with Gasteiger partial charge in [-0.25, -0.2) is 0 Å². The Kier molecular flexibility index (Phi) is 4.78. The first kappa shape index (κ1) is 16.7. The highest BCUT2D eigenvalue weighted by Crippen LogP contribution is 2.22. The topological polar surface area (TPSA) is 106 Å². The van der Waals surface area contributed by atoms with Crippen LogP contribution in [0.3, 0.4) is 0 Å². The highest BCUT2D eigenvalue weighted by atomic mass is 16.6. The van der Waals surface area contributed by atoms with Gasteiger partial charge in [0.25, 0.3) is 11.6 Å². The highest BCUT2D eigenvalue weighted by Gasteiger charge is 2.34. The third-order valence-corrected chi connectivity index (χ3v) is 4.14. The number of benzene rings is 1. The molecule has 1 aromatic carbocycles. The lowest BCUT2D eigenvalue weighted by atomic mass is 10.1. The van der Waals surface area contributed by atoms with Crippen LogP contribution in [0.2, 0.25) is 0 Å². The SMILES string of the molecule is O=C(NCc1ccco1)[C@H]1CCCN1C(=O)c1cccc([N+](=O)[O-])c1. The summed E-state index contributed by atoms with van der Waals surface area (Å²) in [6.45, 7) is 0.696. The number of furan rings is 1. The van der Waals surface area contributed by atoms with Crippen LogP contribution in [0.5, 0.6) is 0 Å². The van der Waals surface area contributed by atoms with Crippen LogP contribution < -0.4 is 5.32 Å². The third kappa shape index (κ3) is 3.68. The predicted octanol–water partition coefficient (Wildman–Crippen LogP) is 2.11. The largest absolute Gasteiger partial charge is 0.467 e. The molecule has 2 aromatic rings. The molecule has 0 radical (unpaired) electrons. The molecule has 25 heavy (non-hydrogen) atoms. The summed E-state index contributed by atoms with van der Waals surface area (Å²) in [6, 6.07) is 8.45. The second-order valence-electron chi connectivity index (χ2n) is 5.76. The molecule has 1 saturated heterocycles. The lowest BCUT2D eigenvalue weighted by molar-refractivity contribution is -0.384. The second kappa shape index (κ2) is 7.16. The molecule has 2 amide bonds. The van der Waals surface area contributed by atoms with E-state index in [9.17, 15) is 19.7 Å². The van der Waals surface area contributed by atoms with Gasteiger partial charge in [-0.2, -0.15) is 0 Å². The zero-order valence-corrected chi connectivity index (χ0v) is 13.4. The van der Waals surface area contributed by atoms with E-state index >= 15 is 0 Å². The van der Waals surface area contributed by atoms with Crippen LogP contribution in [0.15, 0.2) is 47.1 Å². The number of non-ortho nitro benzene ring substituents is 1. The molecule has 3 rings (SSSR count). The van der Waals surface area contributed by atoms with Gasteiger partial charge in [0, 0.05) is 24.2 Å². The Morgan fingerprint density at radius 3 is 2.88 bits per heavy atom. The lowest BCUT2D eigenvalue weighted by Gasteiger charge is -2.23. The summed E-state index contributed by atoms with van der Waals surface area (Å²) in [4.78, 5) is 36.9. The first-order valence-corrected chi connectivity index (χ1v) is 7.92. The van der Waals surface area contributed by atoms with Gasteiger partial charge in [-0.3, -0.25) is 19.7 Å². The standard InChI is InChI=1S/C17H17N3O5/c21-16(18-11-14-6-3-9-25-14)15-7-2-8-19(15)17(22)12-4-1-5-13(10-12)20(23)24/h1,3-6,9-10,15H,2,7-8,11H2,(H,18,21)/t15-/m1/s1. The molecule has 0 bridgehead atoms. The maximum absolute atomic E-state index is 12.7. The van der Waals surface area contributed by atoms with E-state index in [0.717, 1.165) is 0 Å². The summed E-state index contributed by atoms with van der Waals surface area (Å²) in [5.41, 5.74) is 0.0591. The average Bonchev–Trinajstić information content (AvgIpc) is 3.30. The number of amides is 2. The van der Waals surface area contributed by atoms with Crippen molar-refractivity contribution in [3.05, 3.63) is 64.1 Å². The maximum Gasteiger partial charge on any atom is 0.270 e. The lowest BCUT2D eigenvalue weighted by Crippen LogP contribution is -2.45. The number of nitro benzene ring substituents is 1. The molecule has 1 aliphatic heterocycles. The van der Waals surface area contributed by atoms with Gasteiger partial charge >= 0.3 is 0 Å². The smallest absolute Gasteiger partial charge is 0.270 e. The molecule has 1 aromatic heterocycles. The number of nitrogens with zero attached hydrogens (tertiary/aromatic N) is 2. The van der Waals surface area contributed by atoms with Gasteiger partial charge in [-0.05, 0) is 31.0 Å².